The number of ether oxygens (including phenoxy) is 1. The molecular formula is C8H20N2O. The lowest BCUT2D eigenvalue weighted by Gasteiger charge is -2.31. The fourth-order valence-electron chi connectivity index (χ4n) is 1.20. The first-order valence-corrected chi connectivity index (χ1v) is 4.18. The predicted octanol–water partition coefficient (Wildman–Crippen LogP) is 0.350. The molecule has 0 aromatic rings. The molecule has 1 atom stereocenters. The van der Waals surface area contributed by atoms with Gasteiger partial charge in [-0.25, -0.2) is 0 Å². The van der Waals surface area contributed by atoms with Gasteiger partial charge in [0.25, 0.3) is 0 Å². The number of hydrogen-bond acceptors (Lipinski definition) is 3. The molecule has 11 heavy (non-hydrogen) atoms. The quantitative estimate of drug-likeness (QED) is 0.589. The summed E-state index contributed by atoms with van der Waals surface area (Å²) in [6.07, 6.45) is 1.01. The zero-order valence-electron chi connectivity index (χ0n) is 7.81. The van der Waals surface area contributed by atoms with Crippen LogP contribution in [0.2, 0.25) is 0 Å². The molecule has 0 spiro atoms. The van der Waals surface area contributed by atoms with Gasteiger partial charge in [0, 0.05) is 13.7 Å². The number of rotatable bonds is 6. The van der Waals surface area contributed by atoms with E-state index in [1.807, 2.05) is 0 Å². The summed E-state index contributed by atoms with van der Waals surface area (Å²) in [6.45, 7) is 6.46. The third-order valence-electron chi connectivity index (χ3n) is 2.04. The number of nitrogens with two attached hydrogens (primary N) is 1. The standard InChI is InChI=1S/C8H20N2O/c1-4-8(6-9,7-11-3)10-5-2/h10H,4-7,9H2,1-3H3. The van der Waals surface area contributed by atoms with Crippen molar-refractivity contribution in [1.29, 1.82) is 0 Å². The smallest absolute Gasteiger partial charge is 0.0656 e. The summed E-state index contributed by atoms with van der Waals surface area (Å²) in [5.41, 5.74) is 5.64. The second-order valence-electron chi connectivity index (χ2n) is 2.80. The second kappa shape index (κ2) is 5.52. The van der Waals surface area contributed by atoms with Crippen molar-refractivity contribution in [3.05, 3.63) is 0 Å². The van der Waals surface area contributed by atoms with Crippen LogP contribution in [0.25, 0.3) is 0 Å². The van der Waals surface area contributed by atoms with E-state index in [2.05, 4.69) is 19.2 Å². The van der Waals surface area contributed by atoms with Crippen molar-refractivity contribution in [2.75, 3.05) is 26.8 Å². The summed E-state index contributed by atoms with van der Waals surface area (Å²) in [5.74, 6) is 0. The minimum atomic E-state index is -0.0104. The fourth-order valence-corrected chi connectivity index (χ4v) is 1.20. The van der Waals surface area contributed by atoms with Gasteiger partial charge in [-0.05, 0) is 13.0 Å². The highest BCUT2D eigenvalue weighted by Crippen LogP contribution is 2.07. The van der Waals surface area contributed by atoms with E-state index in [1.54, 1.807) is 7.11 Å². The van der Waals surface area contributed by atoms with Gasteiger partial charge >= 0.3 is 0 Å². The van der Waals surface area contributed by atoms with Crippen molar-refractivity contribution in [2.45, 2.75) is 25.8 Å². The highest BCUT2D eigenvalue weighted by molar-refractivity contribution is 4.86. The molecule has 1 unspecified atom stereocenters. The van der Waals surface area contributed by atoms with E-state index >= 15 is 0 Å². The Morgan fingerprint density at radius 2 is 2.09 bits per heavy atom. The van der Waals surface area contributed by atoms with Crippen LogP contribution in [0.15, 0.2) is 0 Å². The first kappa shape index (κ1) is 10.9. The monoisotopic (exact) mass is 160 g/mol. The van der Waals surface area contributed by atoms with Crippen LogP contribution in [0.3, 0.4) is 0 Å². The van der Waals surface area contributed by atoms with Gasteiger partial charge in [0.1, 0.15) is 0 Å². The summed E-state index contributed by atoms with van der Waals surface area (Å²) in [6, 6.07) is 0. The Hall–Kier alpha value is -0.120. The Morgan fingerprint density at radius 3 is 2.36 bits per heavy atom. The molecule has 0 aliphatic rings. The lowest BCUT2D eigenvalue weighted by atomic mass is 9.97. The van der Waals surface area contributed by atoms with Crippen LogP contribution in [-0.2, 0) is 4.74 Å². The Bertz CT molecular complexity index is 84.1. The highest BCUT2D eigenvalue weighted by Gasteiger charge is 2.24. The third-order valence-corrected chi connectivity index (χ3v) is 2.04. The average Bonchev–Trinajstić information content (AvgIpc) is 2.04. The zero-order valence-corrected chi connectivity index (χ0v) is 7.81. The minimum Gasteiger partial charge on any atom is -0.383 e. The van der Waals surface area contributed by atoms with Crippen LogP contribution in [0.1, 0.15) is 20.3 Å². The maximum atomic E-state index is 5.65. The average molecular weight is 160 g/mol. The van der Waals surface area contributed by atoms with Gasteiger partial charge in [0.05, 0.1) is 12.1 Å². The molecule has 0 saturated carbocycles. The van der Waals surface area contributed by atoms with Gasteiger partial charge in [0.15, 0.2) is 0 Å². The summed E-state index contributed by atoms with van der Waals surface area (Å²) in [7, 11) is 1.71. The SMILES string of the molecule is CCNC(CC)(CN)COC. The molecule has 0 saturated heterocycles. The van der Waals surface area contributed by atoms with E-state index in [1.165, 1.54) is 0 Å². The highest BCUT2D eigenvalue weighted by atomic mass is 16.5. The van der Waals surface area contributed by atoms with Gasteiger partial charge in [-0.3, -0.25) is 0 Å². The van der Waals surface area contributed by atoms with Crippen LogP contribution in [0.4, 0.5) is 0 Å². The molecule has 0 bridgehead atoms. The fraction of sp³-hybridized carbons (Fsp3) is 1.00. The normalized spacial score (nSPS) is 16.4. The zero-order chi connectivity index (χ0) is 8.74. The minimum absolute atomic E-state index is 0.0104. The summed E-state index contributed by atoms with van der Waals surface area (Å²) in [5, 5.41) is 3.35. The first-order chi connectivity index (χ1) is 5.24. The molecule has 3 nitrogen and oxygen atoms in total. The molecule has 0 aliphatic carbocycles. The van der Waals surface area contributed by atoms with Crippen molar-refractivity contribution in [1.82, 2.24) is 5.32 Å². The van der Waals surface area contributed by atoms with E-state index in [9.17, 15) is 0 Å². The van der Waals surface area contributed by atoms with Crippen LogP contribution < -0.4 is 11.1 Å². The number of methoxy groups -OCH3 is 1. The van der Waals surface area contributed by atoms with Crippen LogP contribution >= 0.6 is 0 Å². The maximum absolute atomic E-state index is 5.65. The van der Waals surface area contributed by atoms with E-state index < -0.39 is 0 Å². The second-order valence-corrected chi connectivity index (χ2v) is 2.80. The van der Waals surface area contributed by atoms with Gasteiger partial charge in [-0.15, -0.1) is 0 Å². The summed E-state index contributed by atoms with van der Waals surface area (Å²) < 4.78 is 5.10. The van der Waals surface area contributed by atoms with Crippen molar-refractivity contribution >= 4 is 0 Å². The molecule has 3 N–H and O–H groups in total. The molecule has 68 valence electrons. The van der Waals surface area contributed by atoms with E-state index in [0.717, 1.165) is 13.0 Å². The molecule has 0 rings (SSSR count). The third kappa shape index (κ3) is 3.18. The van der Waals surface area contributed by atoms with Gasteiger partial charge in [-0.1, -0.05) is 13.8 Å². The molecule has 0 aromatic carbocycles. The first-order valence-electron chi connectivity index (χ1n) is 4.18. The number of likely N-dealkylation sites (N-methyl/N-ethyl adjacent to an activating group) is 1. The summed E-state index contributed by atoms with van der Waals surface area (Å²) >= 11 is 0. The van der Waals surface area contributed by atoms with E-state index in [-0.39, 0.29) is 5.54 Å². The van der Waals surface area contributed by atoms with Gasteiger partial charge in [0.2, 0.25) is 0 Å². The Labute approximate surface area is 69.3 Å². The number of hydrogen-bond donors (Lipinski definition) is 2. The molecule has 0 radical (unpaired) electrons. The lowest BCUT2D eigenvalue weighted by molar-refractivity contribution is 0.111. The van der Waals surface area contributed by atoms with Crippen molar-refractivity contribution in [2.24, 2.45) is 5.73 Å². The Kier molecular flexibility index (Phi) is 5.46. The molecule has 0 aliphatic heterocycles. The molecule has 3 heteroatoms. The lowest BCUT2D eigenvalue weighted by Crippen LogP contribution is -2.54. The largest absolute Gasteiger partial charge is 0.383 e. The van der Waals surface area contributed by atoms with Crippen molar-refractivity contribution < 1.29 is 4.74 Å². The maximum Gasteiger partial charge on any atom is 0.0656 e. The van der Waals surface area contributed by atoms with Crippen LogP contribution in [0.5, 0.6) is 0 Å². The van der Waals surface area contributed by atoms with Crippen molar-refractivity contribution in [3.8, 4) is 0 Å². The number of nitrogens with one attached hydrogen (secondary N) is 1. The van der Waals surface area contributed by atoms with Gasteiger partial charge < -0.3 is 15.8 Å². The van der Waals surface area contributed by atoms with Crippen LogP contribution in [-0.4, -0.2) is 32.3 Å². The topological polar surface area (TPSA) is 47.3 Å². The molecule has 0 heterocycles. The molecule has 0 amide bonds. The van der Waals surface area contributed by atoms with E-state index in [4.69, 9.17) is 10.5 Å². The summed E-state index contributed by atoms with van der Waals surface area (Å²) in [4.78, 5) is 0. The van der Waals surface area contributed by atoms with Gasteiger partial charge in [-0.2, -0.15) is 0 Å². The molecule has 0 fully saturated rings. The molecular weight excluding hydrogens is 140 g/mol. The van der Waals surface area contributed by atoms with Crippen molar-refractivity contribution in [3.63, 3.8) is 0 Å². The Balaban J connectivity index is 3.96. The van der Waals surface area contributed by atoms with Crippen LogP contribution in [0, 0.1) is 0 Å². The van der Waals surface area contributed by atoms with E-state index in [0.29, 0.717) is 13.2 Å². The Morgan fingerprint density at radius 1 is 1.45 bits per heavy atom. The molecule has 0 aromatic heterocycles. The predicted molar refractivity (Wildman–Crippen MR) is 47.6 cm³/mol.